The van der Waals surface area contributed by atoms with Crippen LogP contribution in [0.3, 0.4) is 0 Å². The Morgan fingerprint density at radius 1 is 1.35 bits per heavy atom. The predicted octanol–water partition coefficient (Wildman–Crippen LogP) is 5.36. The maximum absolute atomic E-state index is 6.10. The summed E-state index contributed by atoms with van der Waals surface area (Å²) >= 11 is 9.62. The van der Waals surface area contributed by atoms with Crippen LogP contribution in [0.15, 0.2) is 22.7 Å². The monoisotopic (exact) mass is 354 g/mol. The lowest BCUT2D eigenvalue weighted by molar-refractivity contribution is 0.229. The van der Waals surface area contributed by atoms with Crippen molar-refractivity contribution in [1.82, 2.24) is 9.55 Å². The number of rotatable bonds is 3. The number of benzene rings is 1. The Balaban J connectivity index is 1.96. The summed E-state index contributed by atoms with van der Waals surface area (Å²) in [6, 6.07) is 6.31. The molecule has 2 unspecified atom stereocenters. The average Bonchev–Trinajstić information content (AvgIpc) is 2.78. The van der Waals surface area contributed by atoms with E-state index >= 15 is 0 Å². The van der Waals surface area contributed by atoms with Gasteiger partial charge in [0.2, 0.25) is 0 Å². The fraction of sp³-hybridized carbons (Fsp3) is 0.562. The number of alkyl halides is 1. The van der Waals surface area contributed by atoms with Crippen LogP contribution < -0.4 is 0 Å². The van der Waals surface area contributed by atoms with E-state index in [1.54, 1.807) is 0 Å². The minimum absolute atomic E-state index is 0.480. The Kier molecular flexibility index (Phi) is 4.37. The van der Waals surface area contributed by atoms with Gasteiger partial charge in [0.05, 0.1) is 16.9 Å². The van der Waals surface area contributed by atoms with E-state index in [-0.39, 0.29) is 0 Å². The number of halogens is 2. The standard InChI is InChI=1S/C16H20BrClN2/c1-11-4-2-3-5-12(11)10-20-15-7-6-13(17)8-14(15)19-16(20)9-18/h6-8,11-12H,2-5,9-10H2,1H3. The first-order chi connectivity index (χ1) is 9.69. The zero-order chi connectivity index (χ0) is 14.1. The number of fused-ring (bicyclic) bond motifs is 1. The molecule has 2 atom stereocenters. The zero-order valence-corrected chi connectivity index (χ0v) is 14.1. The first-order valence-corrected chi connectivity index (χ1v) is 8.72. The molecule has 1 aromatic heterocycles. The molecule has 2 nitrogen and oxygen atoms in total. The second-order valence-electron chi connectivity index (χ2n) is 5.93. The molecule has 108 valence electrons. The molecular weight excluding hydrogens is 336 g/mol. The Hall–Kier alpha value is -0.540. The van der Waals surface area contributed by atoms with Gasteiger partial charge in [0.25, 0.3) is 0 Å². The summed E-state index contributed by atoms with van der Waals surface area (Å²) in [5, 5.41) is 0. The number of aromatic nitrogens is 2. The second kappa shape index (κ2) is 6.07. The van der Waals surface area contributed by atoms with Crippen LogP contribution in [0, 0.1) is 11.8 Å². The van der Waals surface area contributed by atoms with Gasteiger partial charge in [-0.25, -0.2) is 4.98 Å². The van der Waals surface area contributed by atoms with Crippen LogP contribution in [-0.2, 0) is 12.4 Å². The van der Waals surface area contributed by atoms with Crippen molar-refractivity contribution >= 4 is 38.6 Å². The van der Waals surface area contributed by atoms with Crippen molar-refractivity contribution in [2.45, 2.75) is 45.0 Å². The molecule has 1 aliphatic rings. The molecule has 20 heavy (non-hydrogen) atoms. The number of imidazole rings is 1. The van der Waals surface area contributed by atoms with Gasteiger partial charge in [-0.1, -0.05) is 42.1 Å². The molecule has 3 rings (SSSR count). The molecule has 0 radical (unpaired) electrons. The van der Waals surface area contributed by atoms with Crippen molar-refractivity contribution in [3.8, 4) is 0 Å². The van der Waals surface area contributed by atoms with E-state index in [4.69, 9.17) is 11.6 Å². The fourth-order valence-corrected chi connectivity index (χ4v) is 3.91. The molecule has 0 N–H and O–H groups in total. The summed E-state index contributed by atoms with van der Waals surface area (Å²) in [6.07, 6.45) is 5.44. The first kappa shape index (κ1) is 14.4. The van der Waals surface area contributed by atoms with Gasteiger partial charge < -0.3 is 4.57 Å². The summed E-state index contributed by atoms with van der Waals surface area (Å²) in [5.74, 6) is 3.04. The highest BCUT2D eigenvalue weighted by Gasteiger charge is 2.23. The molecule has 0 spiro atoms. The van der Waals surface area contributed by atoms with Gasteiger partial charge in [-0.2, -0.15) is 0 Å². The lowest BCUT2D eigenvalue weighted by Crippen LogP contribution is -2.22. The normalized spacial score (nSPS) is 23.4. The summed E-state index contributed by atoms with van der Waals surface area (Å²) in [5.41, 5.74) is 2.25. The van der Waals surface area contributed by atoms with Gasteiger partial charge in [0, 0.05) is 11.0 Å². The van der Waals surface area contributed by atoms with E-state index < -0.39 is 0 Å². The van der Waals surface area contributed by atoms with E-state index in [1.807, 2.05) is 0 Å². The Bertz CT molecular complexity index is 608. The zero-order valence-electron chi connectivity index (χ0n) is 11.8. The van der Waals surface area contributed by atoms with Gasteiger partial charge in [0.1, 0.15) is 5.82 Å². The molecule has 1 heterocycles. The third-order valence-electron chi connectivity index (χ3n) is 4.62. The third-order valence-corrected chi connectivity index (χ3v) is 5.35. The molecule has 2 aromatic rings. The predicted molar refractivity (Wildman–Crippen MR) is 88.1 cm³/mol. The van der Waals surface area contributed by atoms with Crippen LogP contribution in [0.5, 0.6) is 0 Å². The van der Waals surface area contributed by atoms with Crippen molar-refractivity contribution in [1.29, 1.82) is 0 Å². The van der Waals surface area contributed by atoms with Crippen LogP contribution in [0.25, 0.3) is 11.0 Å². The van der Waals surface area contributed by atoms with Crippen LogP contribution >= 0.6 is 27.5 Å². The number of hydrogen-bond donors (Lipinski definition) is 0. The lowest BCUT2D eigenvalue weighted by Gasteiger charge is -2.29. The van der Waals surface area contributed by atoms with E-state index in [0.717, 1.165) is 34.2 Å². The topological polar surface area (TPSA) is 17.8 Å². The molecule has 1 aromatic carbocycles. The number of hydrogen-bond acceptors (Lipinski definition) is 1. The van der Waals surface area contributed by atoms with Gasteiger partial charge >= 0.3 is 0 Å². The van der Waals surface area contributed by atoms with Crippen molar-refractivity contribution in [3.63, 3.8) is 0 Å². The van der Waals surface area contributed by atoms with E-state index in [2.05, 4.69) is 50.6 Å². The highest BCUT2D eigenvalue weighted by molar-refractivity contribution is 9.10. The maximum Gasteiger partial charge on any atom is 0.124 e. The van der Waals surface area contributed by atoms with Crippen LogP contribution in [0.1, 0.15) is 38.4 Å². The van der Waals surface area contributed by atoms with Crippen molar-refractivity contribution in [2.24, 2.45) is 11.8 Å². The quantitative estimate of drug-likeness (QED) is 0.677. The van der Waals surface area contributed by atoms with Crippen molar-refractivity contribution < 1.29 is 0 Å². The summed E-state index contributed by atoms with van der Waals surface area (Å²) in [4.78, 5) is 4.68. The van der Waals surface area contributed by atoms with E-state index in [0.29, 0.717) is 5.88 Å². The van der Waals surface area contributed by atoms with E-state index in [1.165, 1.54) is 31.2 Å². The number of nitrogens with zero attached hydrogens (tertiary/aromatic N) is 2. The van der Waals surface area contributed by atoms with Gasteiger partial charge in [-0.3, -0.25) is 0 Å². The summed E-state index contributed by atoms with van der Waals surface area (Å²) < 4.78 is 3.41. The molecule has 0 aliphatic heterocycles. The molecule has 1 saturated carbocycles. The molecule has 1 fully saturated rings. The third kappa shape index (κ3) is 2.75. The average molecular weight is 356 g/mol. The fourth-order valence-electron chi connectivity index (χ4n) is 3.36. The van der Waals surface area contributed by atoms with Crippen molar-refractivity contribution in [3.05, 3.63) is 28.5 Å². The smallest absolute Gasteiger partial charge is 0.124 e. The van der Waals surface area contributed by atoms with Gasteiger partial charge in [-0.15, -0.1) is 11.6 Å². The van der Waals surface area contributed by atoms with E-state index in [9.17, 15) is 0 Å². The molecular formula is C16H20BrClN2. The highest BCUT2D eigenvalue weighted by Crippen LogP contribution is 2.32. The maximum atomic E-state index is 6.10. The molecule has 0 bridgehead atoms. The van der Waals surface area contributed by atoms with Gasteiger partial charge in [-0.05, 0) is 36.5 Å². The minimum atomic E-state index is 0.480. The van der Waals surface area contributed by atoms with Crippen molar-refractivity contribution in [2.75, 3.05) is 0 Å². The largest absolute Gasteiger partial charge is 0.327 e. The Labute approximate surface area is 133 Å². The van der Waals surface area contributed by atoms with Crippen LogP contribution in [0.2, 0.25) is 0 Å². The molecule has 0 amide bonds. The lowest BCUT2D eigenvalue weighted by atomic mass is 9.80. The summed E-state index contributed by atoms with van der Waals surface area (Å²) in [7, 11) is 0. The summed E-state index contributed by atoms with van der Waals surface area (Å²) in [6.45, 7) is 3.45. The molecule has 1 aliphatic carbocycles. The molecule has 4 heteroatoms. The minimum Gasteiger partial charge on any atom is -0.327 e. The Morgan fingerprint density at radius 3 is 2.90 bits per heavy atom. The highest BCUT2D eigenvalue weighted by atomic mass is 79.9. The second-order valence-corrected chi connectivity index (χ2v) is 7.11. The van der Waals surface area contributed by atoms with Crippen LogP contribution in [0.4, 0.5) is 0 Å². The van der Waals surface area contributed by atoms with Gasteiger partial charge in [0.15, 0.2) is 0 Å². The SMILES string of the molecule is CC1CCCCC1Cn1c(CCl)nc2cc(Br)ccc21. The first-order valence-electron chi connectivity index (χ1n) is 7.39. The van der Waals surface area contributed by atoms with Crippen LogP contribution in [-0.4, -0.2) is 9.55 Å². The Morgan fingerprint density at radius 2 is 2.15 bits per heavy atom. The molecule has 0 saturated heterocycles.